The molecule has 0 bridgehead atoms. The number of aryl methyl sites for hydroxylation is 1. The fourth-order valence-electron chi connectivity index (χ4n) is 3.88. The number of aromatic nitrogens is 2. The number of hydrogen-bond acceptors (Lipinski definition) is 3. The molecular formula is C17H29N3O. The van der Waals surface area contributed by atoms with Crippen LogP contribution in [0.25, 0.3) is 0 Å². The molecule has 2 heterocycles. The predicted molar refractivity (Wildman–Crippen MR) is 83.9 cm³/mol. The van der Waals surface area contributed by atoms with E-state index in [1.165, 1.54) is 37.8 Å². The van der Waals surface area contributed by atoms with E-state index in [1.54, 1.807) is 0 Å². The third-order valence-corrected chi connectivity index (χ3v) is 5.52. The molecule has 0 aromatic carbocycles. The number of aromatic amines is 1. The van der Waals surface area contributed by atoms with E-state index in [9.17, 15) is 5.11 Å². The molecule has 4 heteroatoms. The van der Waals surface area contributed by atoms with Crippen molar-refractivity contribution in [2.75, 3.05) is 13.1 Å². The van der Waals surface area contributed by atoms with Crippen LogP contribution < -0.4 is 0 Å². The fourth-order valence-corrected chi connectivity index (χ4v) is 3.88. The summed E-state index contributed by atoms with van der Waals surface area (Å²) < 4.78 is 0. The molecule has 2 atom stereocenters. The molecule has 0 unspecified atom stereocenters. The summed E-state index contributed by atoms with van der Waals surface area (Å²) in [5.74, 6) is 2.01. The highest BCUT2D eigenvalue weighted by Gasteiger charge is 2.49. The van der Waals surface area contributed by atoms with Gasteiger partial charge in [-0.05, 0) is 31.1 Å². The highest BCUT2D eigenvalue weighted by atomic mass is 16.3. The summed E-state index contributed by atoms with van der Waals surface area (Å²) in [6.45, 7) is 7.12. The molecule has 0 amide bonds. The number of likely N-dealkylation sites (tertiary alicyclic amines) is 1. The zero-order chi connectivity index (χ0) is 14.9. The number of imidazole rings is 1. The van der Waals surface area contributed by atoms with E-state index < -0.39 is 5.60 Å². The molecule has 2 aliphatic rings. The molecule has 0 radical (unpaired) electrons. The summed E-state index contributed by atoms with van der Waals surface area (Å²) in [5, 5.41) is 11.0. The molecule has 21 heavy (non-hydrogen) atoms. The summed E-state index contributed by atoms with van der Waals surface area (Å²) in [5.41, 5.74) is 0.731. The Bertz CT molecular complexity index is 468. The number of hydrogen-bond donors (Lipinski definition) is 2. The van der Waals surface area contributed by atoms with Crippen molar-refractivity contribution in [2.24, 2.45) is 11.8 Å². The SMILES string of the molecule is CCCCc1ncc(CN2C[C@@H](C)[C@](O)(C3CCC3)C2)[nH]1. The van der Waals surface area contributed by atoms with E-state index in [0.29, 0.717) is 11.8 Å². The second-order valence-corrected chi connectivity index (χ2v) is 7.15. The molecule has 3 rings (SSSR count). The van der Waals surface area contributed by atoms with Gasteiger partial charge in [0.2, 0.25) is 0 Å². The van der Waals surface area contributed by atoms with Crippen molar-refractivity contribution in [1.82, 2.24) is 14.9 Å². The van der Waals surface area contributed by atoms with Crippen LogP contribution in [-0.4, -0.2) is 38.7 Å². The maximum atomic E-state index is 11.0. The highest BCUT2D eigenvalue weighted by molar-refractivity contribution is 5.06. The first kappa shape index (κ1) is 15.0. The van der Waals surface area contributed by atoms with E-state index in [0.717, 1.165) is 31.9 Å². The van der Waals surface area contributed by atoms with Crippen LogP contribution in [0.4, 0.5) is 0 Å². The Kier molecular flexibility index (Phi) is 4.36. The van der Waals surface area contributed by atoms with E-state index >= 15 is 0 Å². The number of nitrogens with one attached hydrogen (secondary N) is 1. The number of nitrogens with zero attached hydrogens (tertiary/aromatic N) is 2. The van der Waals surface area contributed by atoms with Crippen molar-refractivity contribution in [3.05, 3.63) is 17.7 Å². The molecule has 1 aliphatic heterocycles. The zero-order valence-electron chi connectivity index (χ0n) is 13.4. The Hall–Kier alpha value is -0.870. The van der Waals surface area contributed by atoms with Crippen LogP contribution in [-0.2, 0) is 13.0 Å². The van der Waals surface area contributed by atoms with Gasteiger partial charge in [0.05, 0.1) is 5.60 Å². The Morgan fingerprint density at radius 2 is 2.29 bits per heavy atom. The summed E-state index contributed by atoms with van der Waals surface area (Å²) >= 11 is 0. The third kappa shape index (κ3) is 3.02. The Morgan fingerprint density at radius 1 is 1.48 bits per heavy atom. The van der Waals surface area contributed by atoms with Gasteiger partial charge in [-0.1, -0.05) is 26.7 Å². The van der Waals surface area contributed by atoms with Crippen LogP contribution in [0, 0.1) is 11.8 Å². The van der Waals surface area contributed by atoms with Crippen molar-refractivity contribution in [3.8, 4) is 0 Å². The van der Waals surface area contributed by atoms with Gasteiger partial charge in [-0.15, -0.1) is 0 Å². The van der Waals surface area contributed by atoms with Crippen LogP contribution in [0.15, 0.2) is 6.20 Å². The lowest BCUT2D eigenvalue weighted by Crippen LogP contribution is -2.47. The maximum Gasteiger partial charge on any atom is 0.106 e. The molecule has 2 N–H and O–H groups in total. The van der Waals surface area contributed by atoms with Crippen molar-refractivity contribution in [2.45, 2.75) is 64.5 Å². The number of β-amino-alcohol motifs (C(OH)–C–C–N with tert-alkyl or cyclic N) is 1. The molecule has 1 aromatic rings. The molecule has 1 saturated heterocycles. The third-order valence-electron chi connectivity index (χ3n) is 5.52. The Labute approximate surface area is 128 Å². The summed E-state index contributed by atoms with van der Waals surface area (Å²) in [6.07, 6.45) is 9.11. The van der Waals surface area contributed by atoms with Crippen LogP contribution >= 0.6 is 0 Å². The lowest BCUT2D eigenvalue weighted by Gasteiger charge is -2.41. The standard InChI is InChI=1S/C17H29N3O/c1-3-4-8-16-18-9-15(19-16)11-20-10-13(2)17(21,12-20)14-6-5-7-14/h9,13-14,21H,3-8,10-12H2,1-2H3,(H,18,19)/t13-,17+/m1/s1. The van der Waals surface area contributed by atoms with Crippen LogP contribution in [0.2, 0.25) is 0 Å². The molecule has 1 aromatic heterocycles. The second kappa shape index (κ2) is 6.09. The monoisotopic (exact) mass is 291 g/mol. The fraction of sp³-hybridized carbons (Fsp3) is 0.824. The van der Waals surface area contributed by atoms with Gasteiger partial charge in [0.15, 0.2) is 0 Å². The Balaban J connectivity index is 1.57. The zero-order valence-corrected chi connectivity index (χ0v) is 13.4. The molecule has 2 fully saturated rings. The highest BCUT2D eigenvalue weighted by Crippen LogP contribution is 2.44. The van der Waals surface area contributed by atoms with Gasteiger partial charge in [-0.25, -0.2) is 4.98 Å². The normalized spacial score (nSPS) is 30.7. The van der Waals surface area contributed by atoms with E-state index in [1.807, 2.05) is 6.20 Å². The number of aliphatic hydroxyl groups is 1. The van der Waals surface area contributed by atoms with Crippen LogP contribution in [0.1, 0.15) is 57.5 Å². The average Bonchev–Trinajstić information content (AvgIpc) is 2.91. The first-order chi connectivity index (χ1) is 10.1. The minimum Gasteiger partial charge on any atom is -0.388 e. The minimum atomic E-state index is -0.455. The molecule has 4 nitrogen and oxygen atoms in total. The van der Waals surface area contributed by atoms with Crippen molar-refractivity contribution >= 4 is 0 Å². The molecule has 118 valence electrons. The predicted octanol–water partition coefficient (Wildman–Crippen LogP) is 2.74. The van der Waals surface area contributed by atoms with Gasteiger partial charge in [0.25, 0.3) is 0 Å². The number of H-pyrrole nitrogens is 1. The van der Waals surface area contributed by atoms with E-state index in [-0.39, 0.29) is 0 Å². The lowest BCUT2D eigenvalue weighted by molar-refractivity contribution is -0.0673. The van der Waals surface area contributed by atoms with Crippen LogP contribution in [0.5, 0.6) is 0 Å². The number of rotatable bonds is 6. The minimum absolute atomic E-state index is 0.380. The van der Waals surface area contributed by atoms with Crippen LogP contribution in [0.3, 0.4) is 0 Å². The lowest BCUT2D eigenvalue weighted by atomic mass is 9.69. The van der Waals surface area contributed by atoms with Gasteiger partial charge in [0.1, 0.15) is 5.82 Å². The summed E-state index contributed by atoms with van der Waals surface area (Å²) in [6, 6.07) is 0. The Morgan fingerprint density at radius 3 is 2.95 bits per heavy atom. The van der Waals surface area contributed by atoms with Gasteiger partial charge >= 0.3 is 0 Å². The molecular weight excluding hydrogens is 262 g/mol. The first-order valence-electron chi connectivity index (χ1n) is 8.59. The summed E-state index contributed by atoms with van der Waals surface area (Å²) in [4.78, 5) is 10.3. The second-order valence-electron chi connectivity index (χ2n) is 7.15. The topological polar surface area (TPSA) is 52.1 Å². The van der Waals surface area contributed by atoms with Crippen molar-refractivity contribution < 1.29 is 5.11 Å². The maximum absolute atomic E-state index is 11.0. The van der Waals surface area contributed by atoms with Gasteiger partial charge in [-0.2, -0.15) is 0 Å². The van der Waals surface area contributed by atoms with E-state index in [4.69, 9.17) is 0 Å². The first-order valence-corrected chi connectivity index (χ1v) is 8.59. The van der Waals surface area contributed by atoms with Gasteiger partial charge in [0, 0.05) is 37.9 Å². The van der Waals surface area contributed by atoms with Crippen molar-refractivity contribution in [3.63, 3.8) is 0 Å². The quantitative estimate of drug-likeness (QED) is 0.847. The average molecular weight is 291 g/mol. The van der Waals surface area contributed by atoms with Gasteiger partial charge < -0.3 is 10.1 Å². The van der Waals surface area contributed by atoms with Gasteiger partial charge in [-0.3, -0.25) is 4.90 Å². The summed E-state index contributed by atoms with van der Waals surface area (Å²) in [7, 11) is 0. The van der Waals surface area contributed by atoms with E-state index in [2.05, 4.69) is 28.7 Å². The van der Waals surface area contributed by atoms with Crippen molar-refractivity contribution in [1.29, 1.82) is 0 Å². The molecule has 1 saturated carbocycles. The number of unbranched alkanes of at least 4 members (excludes halogenated alkanes) is 1. The largest absolute Gasteiger partial charge is 0.388 e. The molecule has 1 aliphatic carbocycles. The smallest absolute Gasteiger partial charge is 0.106 e. The molecule has 0 spiro atoms.